The SMILES string of the molecule is O=C(NCCC1CCCO1)N1CCCC1c1nc2ccccc2s1. The Kier molecular flexibility index (Phi) is 4.67. The van der Waals surface area contributed by atoms with E-state index in [2.05, 4.69) is 11.4 Å². The summed E-state index contributed by atoms with van der Waals surface area (Å²) in [5.41, 5.74) is 1.03. The molecular formula is C18H23N3O2S. The average Bonchev–Trinajstić information content (AvgIpc) is 3.33. The number of benzene rings is 1. The Bertz CT molecular complexity index is 678. The predicted octanol–water partition coefficient (Wildman–Crippen LogP) is 3.71. The second-order valence-electron chi connectivity index (χ2n) is 6.53. The van der Waals surface area contributed by atoms with Crippen LogP contribution in [-0.4, -0.2) is 41.7 Å². The summed E-state index contributed by atoms with van der Waals surface area (Å²) in [6.07, 6.45) is 5.53. The van der Waals surface area contributed by atoms with Crippen LogP contribution in [0.2, 0.25) is 0 Å². The Morgan fingerprint density at radius 2 is 2.25 bits per heavy atom. The number of nitrogens with one attached hydrogen (secondary N) is 1. The van der Waals surface area contributed by atoms with Gasteiger partial charge in [0.25, 0.3) is 0 Å². The third-order valence-corrected chi connectivity index (χ3v) is 6.01. The van der Waals surface area contributed by atoms with Crippen molar-refractivity contribution >= 4 is 27.6 Å². The number of amides is 2. The van der Waals surface area contributed by atoms with Crippen molar-refractivity contribution in [1.29, 1.82) is 0 Å². The molecule has 2 amide bonds. The van der Waals surface area contributed by atoms with E-state index in [0.717, 1.165) is 55.8 Å². The van der Waals surface area contributed by atoms with E-state index >= 15 is 0 Å². The third kappa shape index (κ3) is 3.26. The highest BCUT2D eigenvalue weighted by atomic mass is 32.1. The number of aromatic nitrogens is 1. The van der Waals surface area contributed by atoms with Gasteiger partial charge in [-0.25, -0.2) is 9.78 Å². The minimum atomic E-state index is 0.0368. The smallest absolute Gasteiger partial charge is 0.317 e. The maximum Gasteiger partial charge on any atom is 0.317 e. The molecular weight excluding hydrogens is 322 g/mol. The largest absolute Gasteiger partial charge is 0.378 e. The molecule has 0 bridgehead atoms. The lowest BCUT2D eigenvalue weighted by Crippen LogP contribution is -2.40. The predicted molar refractivity (Wildman–Crippen MR) is 95.3 cm³/mol. The summed E-state index contributed by atoms with van der Waals surface area (Å²) < 4.78 is 6.80. The molecule has 0 saturated carbocycles. The third-order valence-electron chi connectivity index (χ3n) is 4.88. The lowest BCUT2D eigenvalue weighted by atomic mass is 10.2. The Morgan fingerprint density at radius 3 is 3.08 bits per heavy atom. The first-order valence-electron chi connectivity index (χ1n) is 8.83. The van der Waals surface area contributed by atoms with Gasteiger partial charge in [0.05, 0.1) is 22.4 Å². The first-order chi connectivity index (χ1) is 11.8. The second-order valence-corrected chi connectivity index (χ2v) is 7.59. The number of ether oxygens (including phenoxy) is 1. The van der Waals surface area contributed by atoms with Gasteiger partial charge in [-0.1, -0.05) is 12.1 Å². The van der Waals surface area contributed by atoms with Gasteiger partial charge in [0.2, 0.25) is 0 Å². The van der Waals surface area contributed by atoms with Crippen LogP contribution in [0.4, 0.5) is 4.79 Å². The van der Waals surface area contributed by atoms with Crippen LogP contribution in [0.5, 0.6) is 0 Å². The minimum Gasteiger partial charge on any atom is -0.378 e. The van der Waals surface area contributed by atoms with Crippen LogP contribution in [0.15, 0.2) is 24.3 Å². The molecule has 2 aliphatic rings. The molecule has 2 atom stereocenters. The Hall–Kier alpha value is -1.66. The molecule has 0 aliphatic carbocycles. The maximum atomic E-state index is 12.6. The summed E-state index contributed by atoms with van der Waals surface area (Å²) in [6.45, 7) is 2.36. The molecule has 1 N–H and O–H groups in total. The van der Waals surface area contributed by atoms with Gasteiger partial charge in [-0.15, -0.1) is 11.3 Å². The number of urea groups is 1. The summed E-state index contributed by atoms with van der Waals surface area (Å²) in [5, 5.41) is 4.13. The molecule has 1 aromatic carbocycles. The number of fused-ring (bicyclic) bond motifs is 1. The van der Waals surface area contributed by atoms with E-state index in [4.69, 9.17) is 9.72 Å². The zero-order valence-electron chi connectivity index (χ0n) is 13.7. The molecule has 24 heavy (non-hydrogen) atoms. The summed E-state index contributed by atoms with van der Waals surface area (Å²) in [6, 6.07) is 8.33. The fraction of sp³-hybridized carbons (Fsp3) is 0.556. The highest BCUT2D eigenvalue weighted by Gasteiger charge is 2.32. The van der Waals surface area contributed by atoms with Crippen molar-refractivity contribution in [2.75, 3.05) is 19.7 Å². The standard InChI is InChI=1S/C18H23N3O2S/c22-18(19-10-9-13-5-4-12-23-13)21-11-3-7-15(21)17-20-14-6-1-2-8-16(14)24-17/h1-2,6,8,13,15H,3-5,7,9-12H2,(H,19,22). The molecule has 5 nitrogen and oxygen atoms in total. The molecule has 2 saturated heterocycles. The molecule has 6 heteroatoms. The van der Waals surface area contributed by atoms with Gasteiger partial charge in [0.1, 0.15) is 5.01 Å². The van der Waals surface area contributed by atoms with Crippen molar-refractivity contribution in [3.8, 4) is 0 Å². The molecule has 2 fully saturated rings. The molecule has 2 aromatic rings. The number of likely N-dealkylation sites (tertiary alicyclic amines) is 1. The van der Waals surface area contributed by atoms with E-state index in [-0.39, 0.29) is 12.1 Å². The van der Waals surface area contributed by atoms with Gasteiger partial charge in [-0.2, -0.15) is 0 Å². The number of para-hydroxylation sites is 1. The number of carbonyl (C=O) groups excluding carboxylic acids is 1. The number of thiazole rings is 1. The molecule has 3 heterocycles. The molecule has 0 radical (unpaired) electrons. The van der Waals surface area contributed by atoms with E-state index in [1.165, 1.54) is 4.70 Å². The van der Waals surface area contributed by atoms with Crippen LogP contribution in [0.25, 0.3) is 10.2 Å². The monoisotopic (exact) mass is 345 g/mol. The maximum absolute atomic E-state index is 12.6. The second kappa shape index (κ2) is 7.07. The van der Waals surface area contributed by atoms with Gasteiger partial charge >= 0.3 is 6.03 Å². The van der Waals surface area contributed by atoms with Crippen molar-refractivity contribution in [3.63, 3.8) is 0 Å². The quantitative estimate of drug-likeness (QED) is 0.919. The van der Waals surface area contributed by atoms with Crippen LogP contribution in [0, 0.1) is 0 Å². The van der Waals surface area contributed by atoms with E-state index < -0.39 is 0 Å². The topological polar surface area (TPSA) is 54.5 Å². The number of carbonyl (C=O) groups is 1. The Labute approximate surface area is 146 Å². The number of nitrogens with zero attached hydrogens (tertiary/aromatic N) is 2. The summed E-state index contributed by atoms with van der Waals surface area (Å²) >= 11 is 1.71. The van der Waals surface area contributed by atoms with Crippen LogP contribution in [-0.2, 0) is 4.74 Å². The molecule has 2 unspecified atom stereocenters. The van der Waals surface area contributed by atoms with Crippen LogP contribution in [0.1, 0.15) is 43.2 Å². The number of hydrogen-bond acceptors (Lipinski definition) is 4. The molecule has 1 aromatic heterocycles. The van der Waals surface area contributed by atoms with Crippen molar-refractivity contribution in [3.05, 3.63) is 29.3 Å². The fourth-order valence-corrected chi connectivity index (χ4v) is 4.73. The average molecular weight is 345 g/mol. The normalized spacial score (nSPS) is 23.9. The minimum absolute atomic E-state index is 0.0368. The fourth-order valence-electron chi connectivity index (χ4n) is 3.61. The lowest BCUT2D eigenvalue weighted by molar-refractivity contribution is 0.104. The summed E-state index contributed by atoms with van der Waals surface area (Å²) in [5.74, 6) is 0. The highest BCUT2D eigenvalue weighted by Crippen LogP contribution is 2.36. The van der Waals surface area contributed by atoms with E-state index in [0.29, 0.717) is 12.6 Å². The van der Waals surface area contributed by atoms with Gasteiger partial charge in [0.15, 0.2) is 0 Å². The van der Waals surface area contributed by atoms with Crippen molar-refractivity contribution in [2.24, 2.45) is 0 Å². The van der Waals surface area contributed by atoms with Crippen LogP contribution >= 0.6 is 11.3 Å². The zero-order chi connectivity index (χ0) is 16.4. The van der Waals surface area contributed by atoms with Gasteiger partial charge in [0, 0.05) is 19.7 Å². The molecule has 2 aliphatic heterocycles. The van der Waals surface area contributed by atoms with E-state index in [9.17, 15) is 4.79 Å². The summed E-state index contributed by atoms with van der Waals surface area (Å²) in [7, 11) is 0. The van der Waals surface area contributed by atoms with Crippen LogP contribution in [0.3, 0.4) is 0 Å². The molecule has 0 spiro atoms. The Balaban J connectivity index is 1.39. The summed E-state index contributed by atoms with van der Waals surface area (Å²) in [4.78, 5) is 19.3. The molecule has 128 valence electrons. The van der Waals surface area contributed by atoms with Gasteiger partial charge in [-0.05, 0) is 44.2 Å². The van der Waals surface area contributed by atoms with Gasteiger partial charge < -0.3 is 15.0 Å². The van der Waals surface area contributed by atoms with Crippen molar-refractivity contribution in [2.45, 2.75) is 44.2 Å². The first-order valence-corrected chi connectivity index (χ1v) is 9.64. The number of hydrogen-bond donors (Lipinski definition) is 1. The van der Waals surface area contributed by atoms with Crippen molar-refractivity contribution < 1.29 is 9.53 Å². The van der Waals surface area contributed by atoms with Crippen LogP contribution < -0.4 is 5.32 Å². The van der Waals surface area contributed by atoms with Crippen molar-refractivity contribution in [1.82, 2.24) is 15.2 Å². The van der Waals surface area contributed by atoms with E-state index in [1.807, 2.05) is 23.1 Å². The zero-order valence-corrected chi connectivity index (χ0v) is 14.6. The first kappa shape index (κ1) is 15.8. The van der Waals surface area contributed by atoms with Gasteiger partial charge in [-0.3, -0.25) is 0 Å². The highest BCUT2D eigenvalue weighted by molar-refractivity contribution is 7.18. The van der Waals surface area contributed by atoms with E-state index in [1.54, 1.807) is 11.3 Å². The number of rotatable bonds is 4. The lowest BCUT2D eigenvalue weighted by Gasteiger charge is -2.23. The Morgan fingerprint density at radius 1 is 1.33 bits per heavy atom. The molecule has 4 rings (SSSR count).